The van der Waals surface area contributed by atoms with Gasteiger partial charge in [0.2, 0.25) is 0 Å². The van der Waals surface area contributed by atoms with Gasteiger partial charge in [0.25, 0.3) is 0 Å². The SMILES string of the molecule is CCCN1c2cc(C)c(C=Nc3ccccc3Br)cc2C(C)=CC1(C)C. The highest BCUT2D eigenvalue weighted by Gasteiger charge is 2.30. The van der Waals surface area contributed by atoms with Gasteiger partial charge in [-0.15, -0.1) is 0 Å². The number of aryl methyl sites for hydroxylation is 1. The van der Waals surface area contributed by atoms with Crippen molar-refractivity contribution in [1.82, 2.24) is 0 Å². The molecule has 2 aromatic rings. The van der Waals surface area contributed by atoms with Crippen molar-refractivity contribution in [2.45, 2.75) is 46.6 Å². The summed E-state index contributed by atoms with van der Waals surface area (Å²) in [6.07, 6.45) is 5.50. The minimum absolute atomic E-state index is 0.0457. The number of para-hydroxylation sites is 1. The lowest BCUT2D eigenvalue weighted by atomic mass is 9.87. The van der Waals surface area contributed by atoms with E-state index in [1.165, 1.54) is 28.0 Å². The van der Waals surface area contributed by atoms with E-state index in [0.717, 1.165) is 23.1 Å². The second-order valence-corrected chi connectivity index (χ2v) is 8.42. The molecule has 0 fully saturated rings. The number of anilines is 1. The van der Waals surface area contributed by atoms with Crippen LogP contribution in [-0.2, 0) is 0 Å². The summed E-state index contributed by atoms with van der Waals surface area (Å²) in [4.78, 5) is 7.21. The first kappa shape index (κ1) is 18.9. The largest absolute Gasteiger partial charge is 0.362 e. The standard InChI is InChI=1S/C23H27BrN2/c1-6-11-26-22-12-16(2)18(13-19(22)17(3)14-23(26,4)5)15-25-21-10-8-7-9-20(21)24/h7-10,12-15H,6,11H2,1-5H3. The fraction of sp³-hybridized carbons (Fsp3) is 0.348. The maximum Gasteiger partial charge on any atom is 0.0771 e. The fourth-order valence-electron chi connectivity index (χ4n) is 3.71. The first-order valence-electron chi connectivity index (χ1n) is 9.24. The van der Waals surface area contributed by atoms with Crippen LogP contribution in [0.15, 0.2) is 51.9 Å². The van der Waals surface area contributed by atoms with E-state index in [1.807, 2.05) is 30.5 Å². The molecule has 0 saturated heterocycles. The average Bonchev–Trinajstić information content (AvgIpc) is 2.58. The van der Waals surface area contributed by atoms with Crippen molar-refractivity contribution in [2.24, 2.45) is 4.99 Å². The van der Waals surface area contributed by atoms with Crippen molar-refractivity contribution in [3.63, 3.8) is 0 Å². The Kier molecular flexibility index (Phi) is 5.38. The van der Waals surface area contributed by atoms with Gasteiger partial charge in [-0.2, -0.15) is 0 Å². The lowest BCUT2D eigenvalue weighted by molar-refractivity contribution is 0.550. The number of nitrogens with zero attached hydrogens (tertiary/aromatic N) is 2. The van der Waals surface area contributed by atoms with Crippen LogP contribution in [0.4, 0.5) is 11.4 Å². The molecule has 2 nitrogen and oxygen atoms in total. The molecule has 0 aliphatic carbocycles. The molecule has 0 spiro atoms. The molecule has 0 N–H and O–H groups in total. The number of halogens is 1. The third-order valence-corrected chi connectivity index (χ3v) is 5.68. The van der Waals surface area contributed by atoms with E-state index in [0.29, 0.717) is 0 Å². The zero-order valence-electron chi connectivity index (χ0n) is 16.3. The van der Waals surface area contributed by atoms with Crippen LogP contribution in [0.1, 0.15) is 50.8 Å². The van der Waals surface area contributed by atoms with E-state index in [-0.39, 0.29) is 5.54 Å². The summed E-state index contributed by atoms with van der Waals surface area (Å²) in [6, 6.07) is 12.7. The molecule has 1 heterocycles. The highest BCUT2D eigenvalue weighted by atomic mass is 79.9. The van der Waals surface area contributed by atoms with Crippen LogP contribution in [0.5, 0.6) is 0 Å². The van der Waals surface area contributed by atoms with Gasteiger partial charge in [0.05, 0.1) is 11.2 Å². The van der Waals surface area contributed by atoms with Crippen LogP contribution in [0, 0.1) is 6.92 Å². The van der Waals surface area contributed by atoms with E-state index in [4.69, 9.17) is 0 Å². The van der Waals surface area contributed by atoms with Gasteiger partial charge in [-0.3, -0.25) is 4.99 Å². The summed E-state index contributed by atoms with van der Waals surface area (Å²) in [6.45, 7) is 12.3. The van der Waals surface area contributed by atoms with Crippen molar-refractivity contribution in [3.8, 4) is 0 Å². The van der Waals surface area contributed by atoms with Gasteiger partial charge in [-0.25, -0.2) is 0 Å². The number of hydrogen-bond acceptors (Lipinski definition) is 2. The monoisotopic (exact) mass is 410 g/mol. The summed E-state index contributed by atoms with van der Waals surface area (Å²) < 4.78 is 1.01. The van der Waals surface area contributed by atoms with Gasteiger partial charge in [-0.1, -0.05) is 25.1 Å². The second-order valence-electron chi connectivity index (χ2n) is 7.57. The number of rotatable bonds is 4. The zero-order chi connectivity index (χ0) is 18.9. The normalized spacial score (nSPS) is 15.9. The summed E-state index contributed by atoms with van der Waals surface area (Å²) in [5.41, 5.74) is 7.42. The van der Waals surface area contributed by atoms with Gasteiger partial charge in [-0.05, 0) is 91.0 Å². The van der Waals surface area contributed by atoms with Crippen LogP contribution in [0.2, 0.25) is 0 Å². The van der Waals surface area contributed by atoms with Crippen molar-refractivity contribution < 1.29 is 0 Å². The summed E-state index contributed by atoms with van der Waals surface area (Å²) in [5.74, 6) is 0. The Labute approximate surface area is 165 Å². The lowest BCUT2D eigenvalue weighted by Gasteiger charge is -2.43. The Bertz CT molecular complexity index is 878. The van der Waals surface area contributed by atoms with Gasteiger partial charge in [0.1, 0.15) is 0 Å². The minimum atomic E-state index is 0.0457. The quantitative estimate of drug-likeness (QED) is 0.499. The van der Waals surface area contributed by atoms with Crippen molar-refractivity contribution in [3.05, 3.63) is 63.6 Å². The topological polar surface area (TPSA) is 15.6 Å². The van der Waals surface area contributed by atoms with E-state index in [2.05, 4.69) is 78.6 Å². The first-order chi connectivity index (χ1) is 12.3. The first-order valence-corrected chi connectivity index (χ1v) is 10.0. The third kappa shape index (κ3) is 3.64. The number of allylic oxidation sites excluding steroid dienone is 1. The minimum Gasteiger partial charge on any atom is -0.362 e. The Morgan fingerprint density at radius 3 is 2.58 bits per heavy atom. The Morgan fingerprint density at radius 1 is 1.15 bits per heavy atom. The maximum atomic E-state index is 4.69. The molecular weight excluding hydrogens is 384 g/mol. The maximum absolute atomic E-state index is 4.69. The molecule has 26 heavy (non-hydrogen) atoms. The molecule has 3 heteroatoms. The molecular formula is C23H27BrN2. The number of benzene rings is 2. The van der Waals surface area contributed by atoms with Crippen LogP contribution < -0.4 is 4.90 Å². The predicted molar refractivity (Wildman–Crippen MR) is 118 cm³/mol. The van der Waals surface area contributed by atoms with E-state index in [9.17, 15) is 0 Å². The van der Waals surface area contributed by atoms with Crippen LogP contribution in [0.25, 0.3) is 5.57 Å². The molecule has 0 bridgehead atoms. The Hall–Kier alpha value is -1.87. The van der Waals surface area contributed by atoms with E-state index >= 15 is 0 Å². The highest BCUT2D eigenvalue weighted by Crippen LogP contribution is 2.40. The molecule has 0 amide bonds. The van der Waals surface area contributed by atoms with Gasteiger partial charge >= 0.3 is 0 Å². The highest BCUT2D eigenvalue weighted by molar-refractivity contribution is 9.10. The van der Waals surface area contributed by atoms with Crippen LogP contribution in [-0.4, -0.2) is 18.3 Å². The van der Waals surface area contributed by atoms with Crippen LogP contribution in [0.3, 0.4) is 0 Å². The average molecular weight is 411 g/mol. The number of fused-ring (bicyclic) bond motifs is 1. The predicted octanol–water partition coefficient (Wildman–Crippen LogP) is 6.92. The second kappa shape index (κ2) is 7.40. The molecule has 1 aliphatic heterocycles. The van der Waals surface area contributed by atoms with Gasteiger partial charge in [0, 0.05) is 28.5 Å². The molecule has 0 aromatic heterocycles. The Balaban J connectivity index is 2.04. The van der Waals surface area contributed by atoms with Gasteiger partial charge in [0.15, 0.2) is 0 Å². The molecule has 1 aliphatic rings. The smallest absolute Gasteiger partial charge is 0.0771 e. The molecule has 2 aromatic carbocycles. The van der Waals surface area contributed by atoms with E-state index < -0.39 is 0 Å². The van der Waals surface area contributed by atoms with Crippen molar-refractivity contribution >= 4 is 39.1 Å². The van der Waals surface area contributed by atoms with E-state index in [1.54, 1.807) is 0 Å². The molecule has 3 rings (SSSR count). The lowest BCUT2D eigenvalue weighted by Crippen LogP contribution is -2.45. The zero-order valence-corrected chi connectivity index (χ0v) is 17.9. The molecule has 0 unspecified atom stereocenters. The number of hydrogen-bond donors (Lipinski definition) is 0. The molecule has 0 radical (unpaired) electrons. The summed E-state index contributed by atoms with van der Waals surface area (Å²) >= 11 is 3.57. The molecule has 136 valence electrons. The number of aliphatic imine (C=N–C) groups is 1. The Morgan fingerprint density at radius 2 is 1.88 bits per heavy atom. The fourth-order valence-corrected chi connectivity index (χ4v) is 4.10. The van der Waals surface area contributed by atoms with Gasteiger partial charge < -0.3 is 4.90 Å². The third-order valence-electron chi connectivity index (χ3n) is 5.01. The van der Waals surface area contributed by atoms with Crippen molar-refractivity contribution in [2.75, 3.05) is 11.4 Å². The molecule has 0 atom stereocenters. The molecule has 0 saturated carbocycles. The summed E-state index contributed by atoms with van der Waals surface area (Å²) in [7, 11) is 0. The summed E-state index contributed by atoms with van der Waals surface area (Å²) in [5, 5.41) is 0. The van der Waals surface area contributed by atoms with Crippen molar-refractivity contribution in [1.29, 1.82) is 0 Å². The van der Waals surface area contributed by atoms with Crippen LogP contribution >= 0.6 is 15.9 Å².